The second-order valence-corrected chi connectivity index (χ2v) is 4.78. The van der Waals surface area contributed by atoms with Gasteiger partial charge in [-0.05, 0) is 32.0 Å². The van der Waals surface area contributed by atoms with Crippen molar-refractivity contribution in [2.24, 2.45) is 0 Å². The van der Waals surface area contributed by atoms with E-state index in [0.29, 0.717) is 0 Å². The summed E-state index contributed by atoms with van der Waals surface area (Å²) >= 11 is 0. The second kappa shape index (κ2) is 6.42. The van der Waals surface area contributed by atoms with Crippen LogP contribution in [-0.2, 0) is 0 Å². The Kier molecular flexibility index (Phi) is 4.60. The predicted octanol–water partition coefficient (Wildman–Crippen LogP) is 2.79. The van der Waals surface area contributed by atoms with Crippen molar-refractivity contribution < 1.29 is 4.74 Å². The van der Waals surface area contributed by atoms with Crippen LogP contribution in [0.2, 0.25) is 0 Å². The molecular weight excluding hydrogens is 224 g/mol. The topological polar surface area (TPSA) is 36.3 Å². The number of hydrogen-bond donors (Lipinski definition) is 0. The van der Waals surface area contributed by atoms with Crippen LogP contribution >= 0.6 is 0 Å². The zero-order valence-corrected chi connectivity index (χ0v) is 10.9. The Labute approximate surface area is 109 Å². The fraction of sp³-hybridized carbons (Fsp3) is 0.533. The van der Waals surface area contributed by atoms with E-state index in [0.717, 1.165) is 30.9 Å². The van der Waals surface area contributed by atoms with E-state index in [4.69, 9.17) is 4.74 Å². The fourth-order valence-electron chi connectivity index (χ4n) is 2.56. The number of ether oxygens (including phenoxy) is 1. The molecule has 0 bridgehead atoms. The number of likely N-dealkylation sites (tertiary alicyclic amines) is 1. The molecule has 1 saturated heterocycles. The molecule has 2 rings (SSSR count). The van der Waals surface area contributed by atoms with E-state index in [2.05, 4.69) is 11.0 Å². The Morgan fingerprint density at radius 3 is 2.67 bits per heavy atom. The molecule has 3 nitrogen and oxygen atoms in total. The van der Waals surface area contributed by atoms with Crippen LogP contribution in [0, 0.1) is 11.3 Å². The number of benzene rings is 1. The number of rotatable bonds is 4. The van der Waals surface area contributed by atoms with Gasteiger partial charge in [-0.1, -0.05) is 24.6 Å². The molecule has 1 fully saturated rings. The Hall–Kier alpha value is -1.53. The quantitative estimate of drug-likeness (QED) is 0.817. The van der Waals surface area contributed by atoms with Crippen LogP contribution in [0.25, 0.3) is 0 Å². The van der Waals surface area contributed by atoms with Gasteiger partial charge in [-0.15, -0.1) is 0 Å². The first kappa shape index (κ1) is 12.9. The Balaban J connectivity index is 2.10. The standard InChI is InChI=1S/C15H20N2O/c1-18-15-8-4-3-7-14(15)13(11-16)12-17-9-5-2-6-10-17/h3-4,7-8,13H,2,5-6,9-10,12H2,1H3. The largest absolute Gasteiger partial charge is 0.496 e. The van der Waals surface area contributed by atoms with Gasteiger partial charge in [-0.2, -0.15) is 5.26 Å². The zero-order chi connectivity index (χ0) is 12.8. The van der Waals surface area contributed by atoms with Gasteiger partial charge in [0.2, 0.25) is 0 Å². The molecule has 1 aliphatic rings. The molecule has 18 heavy (non-hydrogen) atoms. The van der Waals surface area contributed by atoms with E-state index in [1.807, 2.05) is 24.3 Å². The summed E-state index contributed by atoms with van der Waals surface area (Å²) in [5.74, 6) is 0.723. The van der Waals surface area contributed by atoms with Crippen LogP contribution in [0.15, 0.2) is 24.3 Å². The minimum absolute atomic E-state index is 0.0979. The molecule has 0 aliphatic carbocycles. The molecule has 0 spiro atoms. The van der Waals surface area contributed by atoms with E-state index < -0.39 is 0 Å². The number of nitrogens with zero attached hydrogens (tertiary/aromatic N) is 2. The van der Waals surface area contributed by atoms with Crippen molar-refractivity contribution in [3.05, 3.63) is 29.8 Å². The van der Waals surface area contributed by atoms with Crippen molar-refractivity contribution in [2.75, 3.05) is 26.7 Å². The molecule has 1 aliphatic heterocycles. The number of nitriles is 1. The maximum atomic E-state index is 9.40. The number of para-hydroxylation sites is 1. The molecule has 1 aromatic rings. The van der Waals surface area contributed by atoms with E-state index in [-0.39, 0.29) is 5.92 Å². The van der Waals surface area contributed by atoms with Gasteiger partial charge in [-0.25, -0.2) is 0 Å². The number of piperidine rings is 1. The Morgan fingerprint density at radius 2 is 2.00 bits per heavy atom. The molecule has 0 N–H and O–H groups in total. The number of methoxy groups -OCH3 is 1. The maximum absolute atomic E-state index is 9.40. The second-order valence-electron chi connectivity index (χ2n) is 4.78. The summed E-state index contributed by atoms with van der Waals surface area (Å²) in [5, 5.41) is 9.40. The first-order chi connectivity index (χ1) is 8.85. The van der Waals surface area contributed by atoms with E-state index >= 15 is 0 Å². The highest BCUT2D eigenvalue weighted by Crippen LogP contribution is 2.27. The molecule has 1 heterocycles. The summed E-state index contributed by atoms with van der Waals surface area (Å²) in [5.41, 5.74) is 1.01. The predicted molar refractivity (Wildman–Crippen MR) is 71.6 cm³/mol. The van der Waals surface area contributed by atoms with Gasteiger partial charge in [0.25, 0.3) is 0 Å². The molecular formula is C15H20N2O. The summed E-state index contributed by atoms with van der Waals surface area (Å²) in [6.07, 6.45) is 3.83. The van der Waals surface area contributed by atoms with Gasteiger partial charge in [-0.3, -0.25) is 0 Å². The third-order valence-electron chi connectivity index (χ3n) is 3.56. The van der Waals surface area contributed by atoms with Crippen LogP contribution in [0.4, 0.5) is 0 Å². The lowest BCUT2D eigenvalue weighted by molar-refractivity contribution is 0.224. The highest BCUT2D eigenvalue weighted by atomic mass is 16.5. The molecule has 1 atom stereocenters. The summed E-state index contributed by atoms with van der Waals surface area (Å²) in [4.78, 5) is 2.39. The highest BCUT2D eigenvalue weighted by molar-refractivity contribution is 5.39. The van der Waals surface area contributed by atoms with Crippen molar-refractivity contribution in [3.8, 4) is 11.8 Å². The van der Waals surface area contributed by atoms with E-state index in [1.165, 1.54) is 19.3 Å². The molecule has 0 saturated carbocycles. The average molecular weight is 244 g/mol. The van der Waals surface area contributed by atoms with Crippen LogP contribution in [0.3, 0.4) is 0 Å². The highest BCUT2D eigenvalue weighted by Gasteiger charge is 2.20. The molecule has 0 aromatic heterocycles. The van der Waals surface area contributed by atoms with E-state index in [1.54, 1.807) is 7.11 Å². The summed E-state index contributed by atoms with van der Waals surface area (Å²) in [7, 11) is 1.66. The van der Waals surface area contributed by atoms with Gasteiger partial charge >= 0.3 is 0 Å². The average Bonchev–Trinajstić information content (AvgIpc) is 2.46. The summed E-state index contributed by atoms with van der Waals surface area (Å²) < 4.78 is 5.35. The van der Waals surface area contributed by atoms with E-state index in [9.17, 15) is 5.26 Å². The zero-order valence-electron chi connectivity index (χ0n) is 10.9. The molecule has 0 amide bonds. The SMILES string of the molecule is COc1ccccc1C(C#N)CN1CCCCC1. The molecule has 0 radical (unpaired) electrons. The monoisotopic (exact) mass is 244 g/mol. The number of hydrogen-bond acceptors (Lipinski definition) is 3. The normalized spacial score (nSPS) is 18.0. The Bertz CT molecular complexity index is 419. The van der Waals surface area contributed by atoms with Gasteiger partial charge in [0, 0.05) is 12.1 Å². The minimum atomic E-state index is -0.0979. The Morgan fingerprint density at radius 1 is 1.28 bits per heavy atom. The van der Waals surface area contributed by atoms with Gasteiger partial charge in [0.1, 0.15) is 5.75 Å². The molecule has 96 valence electrons. The molecule has 1 aromatic carbocycles. The van der Waals surface area contributed by atoms with Crippen LogP contribution in [0.1, 0.15) is 30.7 Å². The van der Waals surface area contributed by atoms with Crippen molar-refractivity contribution in [2.45, 2.75) is 25.2 Å². The van der Waals surface area contributed by atoms with Crippen LogP contribution in [-0.4, -0.2) is 31.6 Å². The fourth-order valence-corrected chi connectivity index (χ4v) is 2.56. The smallest absolute Gasteiger partial charge is 0.123 e. The van der Waals surface area contributed by atoms with Crippen LogP contribution < -0.4 is 4.74 Å². The van der Waals surface area contributed by atoms with Crippen molar-refractivity contribution in [1.82, 2.24) is 4.90 Å². The third kappa shape index (κ3) is 3.02. The first-order valence-electron chi connectivity index (χ1n) is 6.60. The lowest BCUT2D eigenvalue weighted by Gasteiger charge is -2.28. The van der Waals surface area contributed by atoms with Gasteiger partial charge in [0.15, 0.2) is 0 Å². The lowest BCUT2D eigenvalue weighted by Crippen LogP contribution is -2.33. The van der Waals surface area contributed by atoms with Crippen molar-refractivity contribution in [3.63, 3.8) is 0 Å². The molecule has 3 heteroatoms. The summed E-state index contributed by atoms with van der Waals surface area (Å²) in [6, 6.07) is 10.3. The summed E-state index contributed by atoms with van der Waals surface area (Å²) in [6.45, 7) is 3.05. The van der Waals surface area contributed by atoms with Gasteiger partial charge < -0.3 is 9.64 Å². The van der Waals surface area contributed by atoms with Crippen molar-refractivity contribution >= 4 is 0 Å². The van der Waals surface area contributed by atoms with Crippen LogP contribution in [0.5, 0.6) is 5.75 Å². The minimum Gasteiger partial charge on any atom is -0.496 e. The maximum Gasteiger partial charge on any atom is 0.123 e. The first-order valence-corrected chi connectivity index (χ1v) is 6.60. The third-order valence-corrected chi connectivity index (χ3v) is 3.56. The van der Waals surface area contributed by atoms with Gasteiger partial charge in [0.05, 0.1) is 19.1 Å². The molecule has 1 unspecified atom stereocenters. The van der Waals surface area contributed by atoms with Crippen molar-refractivity contribution in [1.29, 1.82) is 5.26 Å². The lowest BCUT2D eigenvalue weighted by atomic mass is 9.98.